The van der Waals surface area contributed by atoms with Crippen molar-refractivity contribution in [3.63, 3.8) is 0 Å². The molecule has 0 fully saturated rings. The van der Waals surface area contributed by atoms with Crippen LogP contribution >= 0.6 is 27.7 Å². The quantitative estimate of drug-likeness (QED) is 0.751. The predicted octanol–water partition coefficient (Wildman–Crippen LogP) is 1.68. The van der Waals surface area contributed by atoms with Gasteiger partial charge in [-0.25, -0.2) is 0 Å². The fourth-order valence-electron chi connectivity index (χ4n) is 0.422. The van der Waals surface area contributed by atoms with Crippen LogP contribution in [0.1, 0.15) is 6.92 Å². The number of aromatic nitrogens is 3. The van der Waals surface area contributed by atoms with E-state index in [1.165, 1.54) is 0 Å². The van der Waals surface area contributed by atoms with E-state index in [2.05, 4.69) is 38.0 Å². The van der Waals surface area contributed by atoms with Crippen molar-refractivity contribution in [3.8, 4) is 0 Å². The van der Waals surface area contributed by atoms with E-state index in [1.54, 1.807) is 11.8 Å². The molecular formula is C4H6BrN3S. The minimum absolute atomic E-state index is 0.693. The Morgan fingerprint density at radius 2 is 2.56 bits per heavy atom. The number of thioether (sulfide) groups is 1. The lowest BCUT2D eigenvalue weighted by molar-refractivity contribution is 0.972. The molecule has 1 aromatic rings. The Hall–Kier alpha value is -0.0300. The summed E-state index contributed by atoms with van der Waals surface area (Å²) in [6, 6.07) is 0. The van der Waals surface area contributed by atoms with Crippen molar-refractivity contribution >= 4 is 27.7 Å². The second-order valence-corrected chi connectivity index (χ2v) is 3.32. The number of hydrogen-bond donors (Lipinski definition) is 1. The summed E-state index contributed by atoms with van der Waals surface area (Å²) in [7, 11) is 0. The van der Waals surface area contributed by atoms with Gasteiger partial charge in [0.1, 0.15) is 0 Å². The normalized spacial score (nSPS) is 10.0. The molecule has 0 spiro atoms. The van der Waals surface area contributed by atoms with Gasteiger partial charge in [0.2, 0.25) is 5.16 Å². The molecule has 0 bridgehead atoms. The molecule has 1 heterocycles. The van der Waals surface area contributed by atoms with Gasteiger partial charge in [-0.15, -0.1) is 5.10 Å². The van der Waals surface area contributed by atoms with Crippen molar-refractivity contribution in [2.75, 3.05) is 5.75 Å². The van der Waals surface area contributed by atoms with Gasteiger partial charge in [0.25, 0.3) is 0 Å². The molecule has 1 rings (SSSR count). The Morgan fingerprint density at radius 1 is 1.78 bits per heavy atom. The maximum atomic E-state index is 4.01. The number of nitrogens with zero attached hydrogens (tertiary/aromatic N) is 2. The molecule has 0 atom stereocenters. The summed E-state index contributed by atoms with van der Waals surface area (Å²) >= 11 is 4.77. The highest BCUT2D eigenvalue weighted by molar-refractivity contribution is 9.10. The first-order valence-corrected chi connectivity index (χ1v) is 4.31. The zero-order valence-electron chi connectivity index (χ0n) is 4.89. The highest BCUT2D eigenvalue weighted by Gasteiger charge is 1.96. The van der Waals surface area contributed by atoms with Crippen LogP contribution in [-0.2, 0) is 0 Å². The summed E-state index contributed by atoms with van der Waals surface area (Å²) in [5, 5.41) is 7.37. The van der Waals surface area contributed by atoms with E-state index < -0.39 is 0 Å². The van der Waals surface area contributed by atoms with Gasteiger partial charge in [-0.2, -0.15) is 4.98 Å². The molecule has 0 unspecified atom stereocenters. The van der Waals surface area contributed by atoms with Crippen molar-refractivity contribution in [3.05, 3.63) is 4.73 Å². The van der Waals surface area contributed by atoms with Gasteiger partial charge in [0.05, 0.1) is 0 Å². The zero-order valence-corrected chi connectivity index (χ0v) is 7.29. The molecule has 5 heteroatoms. The van der Waals surface area contributed by atoms with E-state index in [-0.39, 0.29) is 0 Å². The van der Waals surface area contributed by atoms with Crippen LogP contribution in [0.4, 0.5) is 0 Å². The first kappa shape index (κ1) is 7.08. The Morgan fingerprint density at radius 3 is 3.00 bits per heavy atom. The third-order valence-electron chi connectivity index (χ3n) is 0.711. The molecule has 0 saturated carbocycles. The minimum Gasteiger partial charge on any atom is -0.253 e. The smallest absolute Gasteiger partial charge is 0.209 e. The number of rotatable bonds is 2. The van der Waals surface area contributed by atoms with Crippen molar-refractivity contribution < 1.29 is 0 Å². The molecule has 50 valence electrons. The second kappa shape index (κ2) is 3.22. The third-order valence-corrected chi connectivity index (χ3v) is 1.80. The van der Waals surface area contributed by atoms with Gasteiger partial charge in [0, 0.05) is 0 Å². The molecular weight excluding hydrogens is 202 g/mol. The molecule has 9 heavy (non-hydrogen) atoms. The minimum atomic E-state index is 0.693. The maximum Gasteiger partial charge on any atom is 0.209 e. The first-order chi connectivity index (χ1) is 4.33. The van der Waals surface area contributed by atoms with Crippen LogP contribution in [0.25, 0.3) is 0 Å². The fraction of sp³-hybridized carbons (Fsp3) is 0.500. The number of hydrogen-bond acceptors (Lipinski definition) is 3. The molecule has 0 aliphatic carbocycles. The standard InChI is InChI=1S/C4H6BrN3S/c1-2-9-4-6-3(5)7-8-4/h2H2,1H3,(H,6,7,8). The molecule has 0 aliphatic rings. The van der Waals surface area contributed by atoms with Crippen molar-refractivity contribution in [2.45, 2.75) is 12.1 Å². The van der Waals surface area contributed by atoms with Crippen molar-refractivity contribution in [2.24, 2.45) is 0 Å². The molecule has 0 aliphatic heterocycles. The molecule has 3 nitrogen and oxygen atoms in total. The Bertz CT molecular complexity index is 188. The fourth-order valence-corrected chi connectivity index (χ4v) is 1.32. The second-order valence-electron chi connectivity index (χ2n) is 1.34. The van der Waals surface area contributed by atoms with E-state index in [1.807, 2.05) is 0 Å². The van der Waals surface area contributed by atoms with Gasteiger partial charge in [-0.3, -0.25) is 5.10 Å². The molecule has 1 N–H and O–H groups in total. The van der Waals surface area contributed by atoms with Crippen LogP contribution in [0.5, 0.6) is 0 Å². The molecule has 0 saturated heterocycles. The first-order valence-electron chi connectivity index (χ1n) is 2.53. The highest BCUT2D eigenvalue weighted by Crippen LogP contribution is 2.12. The van der Waals surface area contributed by atoms with Gasteiger partial charge in [-0.05, 0) is 21.7 Å². The summed E-state index contributed by atoms with van der Waals surface area (Å²) in [6.07, 6.45) is 0. The number of aromatic amines is 1. The van der Waals surface area contributed by atoms with Crippen LogP contribution in [0.2, 0.25) is 0 Å². The van der Waals surface area contributed by atoms with E-state index in [0.717, 1.165) is 10.9 Å². The maximum absolute atomic E-state index is 4.01. The summed E-state index contributed by atoms with van der Waals surface area (Å²) < 4.78 is 0.693. The topological polar surface area (TPSA) is 41.6 Å². The lowest BCUT2D eigenvalue weighted by Crippen LogP contribution is -1.73. The van der Waals surface area contributed by atoms with E-state index in [0.29, 0.717) is 4.73 Å². The number of halogens is 1. The van der Waals surface area contributed by atoms with Gasteiger partial charge in [0.15, 0.2) is 4.73 Å². The van der Waals surface area contributed by atoms with Gasteiger partial charge >= 0.3 is 0 Å². The summed E-state index contributed by atoms with van der Waals surface area (Å²) in [4.78, 5) is 4.01. The van der Waals surface area contributed by atoms with Crippen LogP contribution in [-0.4, -0.2) is 20.9 Å². The van der Waals surface area contributed by atoms with Crippen LogP contribution in [0.15, 0.2) is 9.89 Å². The molecule has 0 amide bonds. The number of nitrogens with one attached hydrogen (secondary N) is 1. The average molecular weight is 208 g/mol. The Kier molecular flexibility index (Phi) is 2.53. The lowest BCUT2D eigenvalue weighted by Gasteiger charge is -1.82. The van der Waals surface area contributed by atoms with Crippen LogP contribution in [0, 0.1) is 0 Å². The van der Waals surface area contributed by atoms with Crippen molar-refractivity contribution in [1.82, 2.24) is 15.2 Å². The SMILES string of the molecule is CCSc1n[nH]c(Br)n1. The van der Waals surface area contributed by atoms with Gasteiger partial charge in [-0.1, -0.05) is 18.7 Å². The molecule has 1 aromatic heterocycles. The third kappa shape index (κ3) is 1.98. The Labute approximate surface area is 65.8 Å². The van der Waals surface area contributed by atoms with E-state index >= 15 is 0 Å². The highest BCUT2D eigenvalue weighted by atomic mass is 79.9. The molecule has 0 aromatic carbocycles. The summed E-state index contributed by atoms with van der Waals surface area (Å²) in [5.74, 6) is 1.00. The largest absolute Gasteiger partial charge is 0.253 e. The van der Waals surface area contributed by atoms with E-state index in [9.17, 15) is 0 Å². The number of H-pyrrole nitrogens is 1. The zero-order chi connectivity index (χ0) is 6.69. The monoisotopic (exact) mass is 207 g/mol. The van der Waals surface area contributed by atoms with Crippen LogP contribution < -0.4 is 0 Å². The average Bonchev–Trinajstić information content (AvgIpc) is 2.17. The van der Waals surface area contributed by atoms with Crippen molar-refractivity contribution in [1.29, 1.82) is 0 Å². The van der Waals surface area contributed by atoms with E-state index in [4.69, 9.17) is 0 Å². The summed E-state index contributed by atoms with van der Waals surface area (Å²) in [5.41, 5.74) is 0. The lowest BCUT2D eigenvalue weighted by atomic mass is 11.0. The Balaban J connectivity index is 2.61. The predicted molar refractivity (Wildman–Crippen MR) is 40.5 cm³/mol. The van der Waals surface area contributed by atoms with Crippen LogP contribution in [0.3, 0.4) is 0 Å². The molecule has 0 radical (unpaired) electrons. The summed E-state index contributed by atoms with van der Waals surface area (Å²) in [6.45, 7) is 2.06. The van der Waals surface area contributed by atoms with Gasteiger partial charge < -0.3 is 0 Å².